The average molecular weight is 295 g/mol. The second kappa shape index (κ2) is 6.56. The van der Waals surface area contributed by atoms with E-state index >= 15 is 0 Å². The molecule has 1 aromatic rings. The molecule has 0 atom stereocenters. The summed E-state index contributed by atoms with van der Waals surface area (Å²) in [7, 11) is 0. The molecule has 0 bridgehead atoms. The number of nitrogens with one attached hydrogen (secondary N) is 1. The topological polar surface area (TPSA) is 75.6 Å². The fourth-order valence-corrected chi connectivity index (χ4v) is 2.36. The lowest BCUT2D eigenvalue weighted by molar-refractivity contribution is -0.157. The number of ether oxygens (including phenoxy) is 1. The second-order valence-electron chi connectivity index (χ2n) is 5.27. The van der Waals surface area contributed by atoms with Crippen LogP contribution >= 0.6 is 0 Å². The molecule has 0 heterocycles. The Kier molecular flexibility index (Phi) is 4.77. The van der Waals surface area contributed by atoms with Crippen molar-refractivity contribution in [3.8, 4) is 5.75 Å². The molecule has 2 N–H and O–H groups in total. The van der Waals surface area contributed by atoms with E-state index in [0.29, 0.717) is 18.6 Å². The van der Waals surface area contributed by atoms with Crippen molar-refractivity contribution in [2.75, 3.05) is 13.2 Å². The fraction of sp³-hybridized carbons (Fsp3) is 0.467. The van der Waals surface area contributed by atoms with Gasteiger partial charge in [0.05, 0.1) is 12.0 Å². The molecule has 21 heavy (non-hydrogen) atoms. The molecule has 0 saturated heterocycles. The van der Waals surface area contributed by atoms with Gasteiger partial charge < -0.3 is 15.2 Å². The van der Waals surface area contributed by atoms with Gasteiger partial charge in [0.2, 0.25) is 5.91 Å². The summed E-state index contributed by atoms with van der Waals surface area (Å²) in [5.74, 6) is -1.19. The molecule has 2 rings (SSSR count). The molecule has 1 aromatic carbocycles. The molecule has 0 unspecified atom stereocenters. The molecular formula is C15H18FNO4. The smallest absolute Gasteiger partial charge is 0.310 e. The highest BCUT2D eigenvalue weighted by Crippen LogP contribution is 2.44. The number of carbonyl (C=O) groups excluding carboxylic acids is 1. The highest BCUT2D eigenvalue weighted by atomic mass is 19.1. The minimum atomic E-state index is -0.903. The summed E-state index contributed by atoms with van der Waals surface area (Å²) < 4.78 is 18.2. The lowest BCUT2D eigenvalue weighted by Crippen LogP contribution is -2.43. The van der Waals surface area contributed by atoms with Crippen molar-refractivity contribution in [1.29, 1.82) is 0 Å². The molecular weight excluding hydrogens is 277 g/mol. The molecule has 1 aliphatic carbocycles. The van der Waals surface area contributed by atoms with Crippen LogP contribution in [0.1, 0.15) is 25.7 Å². The Morgan fingerprint density at radius 1 is 1.38 bits per heavy atom. The first-order valence-electron chi connectivity index (χ1n) is 6.90. The van der Waals surface area contributed by atoms with Crippen LogP contribution in [0.3, 0.4) is 0 Å². The van der Waals surface area contributed by atoms with Crippen LogP contribution in [-0.2, 0) is 9.59 Å². The van der Waals surface area contributed by atoms with E-state index in [9.17, 15) is 14.0 Å². The Morgan fingerprint density at radius 3 is 2.71 bits per heavy atom. The van der Waals surface area contributed by atoms with Gasteiger partial charge in [-0.05, 0) is 25.0 Å². The number of aliphatic carboxylic acids is 1. The maximum atomic E-state index is 12.9. The van der Waals surface area contributed by atoms with Gasteiger partial charge in [-0.2, -0.15) is 0 Å². The van der Waals surface area contributed by atoms with Crippen LogP contribution in [0.15, 0.2) is 24.3 Å². The van der Waals surface area contributed by atoms with Crippen molar-refractivity contribution in [2.24, 2.45) is 5.41 Å². The van der Waals surface area contributed by atoms with Crippen LogP contribution in [0.25, 0.3) is 0 Å². The Bertz CT molecular complexity index is 528. The van der Waals surface area contributed by atoms with Crippen molar-refractivity contribution in [1.82, 2.24) is 5.32 Å². The zero-order valence-corrected chi connectivity index (χ0v) is 11.6. The Balaban J connectivity index is 1.69. The van der Waals surface area contributed by atoms with Gasteiger partial charge in [0.25, 0.3) is 0 Å². The Morgan fingerprint density at radius 2 is 2.14 bits per heavy atom. The molecule has 1 saturated carbocycles. The molecule has 1 amide bonds. The van der Waals surface area contributed by atoms with Crippen LogP contribution in [0, 0.1) is 11.2 Å². The van der Waals surface area contributed by atoms with Gasteiger partial charge in [0, 0.05) is 12.5 Å². The third-order valence-corrected chi connectivity index (χ3v) is 3.75. The van der Waals surface area contributed by atoms with Crippen molar-refractivity contribution >= 4 is 11.9 Å². The third kappa shape index (κ3) is 3.93. The number of amides is 1. The van der Waals surface area contributed by atoms with Gasteiger partial charge >= 0.3 is 5.97 Å². The number of carboxylic acid groups (broad SMARTS) is 1. The summed E-state index contributed by atoms with van der Waals surface area (Å²) in [6.07, 6.45) is 1.95. The monoisotopic (exact) mass is 295 g/mol. The summed E-state index contributed by atoms with van der Waals surface area (Å²) in [5.41, 5.74) is -0.881. The van der Waals surface area contributed by atoms with Gasteiger partial charge in [-0.25, -0.2) is 4.39 Å². The highest BCUT2D eigenvalue weighted by molar-refractivity contribution is 5.85. The number of benzene rings is 1. The van der Waals surface area contributed by atoms with Gasteiger partial charge in [0.15, 0.2) is 0 Å². The van der Waals surface area contributed by atoms with E-state index in [1.165, 1.54) is 18.2 Å². The Labute approximate surface area is 122 Å². The standard InChI is InChI=1S/C15H18FNO4/c16-11-3-1-4-12(9-11)21-8-7-17-13(18)10-15(14(19)20)5-2-6-15/h1,3-4,9H,2,5-8,10H2,(H,17,18)(H,19,20). The number of halogens is 1. The van der Waals surface area contributed by atoms with Gasteiger partial charge in [-0.15, -0.1) is 0 Å². The quantitative estimate of drug-likeness (QED) is 0.754. The minimum Gasteiger partial charge on any atom is -0.492 e. The van der Waals surface area contributed by atoms with Crippen LogP contribution in [0.4, 0.5) is 4.39 Å². The van der Waals surface area contributed by atoms with E-state index in [2.05, 4.69) is 5.32 Å². The molecule has 6 heteroatoms. The van der Waals surface area contributed by atoms with Crippen molar-refractivity contribution in [3.05, 3.63) is 30.1 Å². The first kappa shape index (κ1) is 15.3. The zero-order valence-electron chi connectivity index (χ0n) is 11.6. The van der Waals surface area contributed by atoms with Crippen LogP contribution < -0.4 is 10.1 Å². The maximum absolute atomic E-state index is 12.9. The van der Waals surface area contributed by atoms with Crippen LogP contribution in [0.2, 0.25) is 0 Å². The minimum absolute atomic E-state index is 0.00228. The van der Waals surface area contributed by atoms with Gasteiger partial charge in [-0.3, -0.25) is 9.59 Å². The summed E-state index contributed by atoms with van der Waals surface area (Å²) in [6, 6.07) is 5.74. The van der Waals surface area contributed by atoms with Crippen molar-refractivity contribution in [2.45, 2.75) is 25.7 Å². The fourth-order valence-electron chi connectivity index (χ4n) is 2.36. The first-order chi connectivity index (χ1) is 10.0. The summed E-state index contributed by atoms with van der Waals surface area (Å²) in [6.45, 7) is 0.459. The number of carbonyl (C=O) groups is 2. The van der Waals surface area contributed by atoms with E-state index in [0.717, 1.165) is 6.42 Å². The van der Waals surface area contributed by atoms with Crippen LogP contribution in [-0.4, -0.2) is 30.1 Å². The van der Waals surface area contributed by atoms with Crippen molar-refractivity contribution in [3.63, 3.8) is 0 Å². The van der Waals surface area contributed by atoms with Crippen LogP contribution in [0.5, 0.6) is 5.75 Å². The average Bonchev–Trinajstić information content (AvgIpc) is 2.39. The molecule has 0 spiro atoms. The molecule has 0 radical (unpaired) electrons. The number of rotatable bonds is 7. The molecule has 114 valence electrons. The summed E-state index contributed by atoms with van der Waals surface area (Å²) in [4.78, 5) is 22.9. The number of hydrogen-bond acceptors (Lipinski definition) is 3. The largest absolute Gasteiger partial charge is 0.492 e. The van der Waals surface area contributed by atoms with Gasteiger partial charge in [-0.1, -0.05) is 12.5 Å². The van der Waals surface area contributed by atoms with Crippen molar-refractivity contribution < 1.29 is 23.8 Å². The number of carboxylic acids is 1. The maximum Gasteiger partial charge on any atom is 0.310 e. The molecule has 1 aliphatic rings. The zero-order chi connectivity index (χ0) is 15.3. The Hall–Kier alpha value is -2.11. The van der Waals surface area contributed by atoms with E-state index in [4.69, 9.17) is 9.84 Å². The summed E-state index contributed by atoms with van der Waals surface area (Å²) >= 11 is 0. The SMILES string of the molecule is O=C(CC1(C(=O)O)CCC1)NCCOc1cccc(F)c1. The predicted molar refractivity (Wildman–Crippen MR) is 73.4 cm³/mol. The lowest BCUT2D eigenvalue weighted by Gasteiger charge is -2.36. The molecule has 1 fully saturated rings. The number of hydrogen-bond donors (Lipinski definition) is 2. The first-order valence-corrected chi connectivity index (χ1v) is 6.90. The van der Waals surface area contributed by atoms with E-state index in [1.807, 2.05) is 0 Å². The summed E-state index contributed by atoms with van der Waals surface area (Å²) in [5, 5.41) is 11.8. The molecule has 5 nitrogen and oxygen atoms in total. The third-order valence-electron chi connectivity index (χ3n) is 3.75. The second-order valence-corrected chi connectivity index (χ2v) is 5.27. The van der Waals surface area contributed by atoms with E-state index in [1.54, 1.807) is 6.07 Å². The van der Waals surface area contributed by atoms with Gasteiger partial charge in [0.1, 0.15) is 18.2 Å². The normalized spacial score (nSPS) is 15.9. The van der Waals surface area contributed by atoms with E-state index in [-0.39, 0.29) is 31.3 Å². The molecule has 0 aromatic heterocycles. The highest BCUT2D eigenvalue weighted by Gasteiger charge is 2.45. The molecule has 0 aliphatic heterocycles. The predicted octanol–water partition coefficient (Wildman–Crippen LogP) is 1.97. The lowest BCUT2D eigenvalue weighted by atomic mass is 9.66. The van der Waals surface area contributed by atoms with E-state index < -0.39 is 11.4 Å².